The van der Waals surface area contributed by atoms with E-state index in [1.807, 2.05) is 0 Å². The van der Waals surface area contributed by atoms with Crippen LogP contribution in [0.1, 0.15) is 41.5 Å². The number of ether oxygens (including phenoxy) is 3. The van der Waals surface area contributed by atoms with Gasteiger partial charge in [-0.15, -0.1) is 0 Å². The molecule has 29 heavy (non-hydrogen) atoms. The minimum Gasteiger partial charge on any atom is -0.493 e. The molecule has 1 amide bonds. The van der Waals surface area contributed by atoms with Crippen molar-refractivity contribution in [3.63, 3.8) is 0 Å². The first-order valence-corrected chi connectivity index (χ1v) is 9.27. The number of anilines is 1. The zero-order chi connectivity index (χ0) is 21.6. The van der Waals surface area contributed by atoms with Gasteiger partial charge in [0.25, 0.3) is 5.91 Å². The molecule has 0 spiro atoms. The lowest BCUT2D eigenvalue weighted by molar-refractivity contribution is -0.123. The quantitative estimate of drug-likeness (QED) is 0.511. The normalized spacial score (nSPS) is 11.3. The Morgan fingerprint density at radius 1 is 1.14 bits per heavy atom. The van der Waals surface area contributed by atoms with Crippen LogP contribution in [0.3, 0.4) is 0 Å². The standard InChI is InChI=1S/C21H22ClNO6/c1-5-28-19-17(22)10-15(11-18(19)27-4)21(26)29-13(3)20(25)23-16-8-6-7-14(9-16)12(2)24/h6-11,13H,5H2,1-4H3,(H,23,25)/t13-/m1/s1. The summed E-state index contributed by atoms with van der Waals surface area (Å²) in [6, 6.07) is 9.29. The fourth-order valence-electron chi connectivity index (χ4n) is 2.46. The van der Waals surface area contributed by atoms with Crippen molar-refractivity contribution in [2.45, 2.75) is 26.9 Å². The highest BCUT2D eigenvalue weighted by Gasteiger charge is 2.22. The Balaban J connectivity index is 2.10. The lowest BCUT2D eigenvalue weighted by Crippen LogP contribution is -2.30. The monoisotopic (exact) mass is 419 g/mol. The molecule has 0 aromatic heterocycles. The Hall–Kier alpha value is -3.06. The number of Topliss-reactive ketones (excluding diaryl/α,β-unsaturated/α-hetero) is 1. The van der Waals surface area contributed by atoms with E-state index in [0.717, 1.165) is 0 Å². The number of hydrogen-bond acceptors (Lipinski definition) is 6. The van der Waals surface area contributed by atoms with E-state index >= 15 is 0 Å². The van der Waals surface area contributed by atoms with Crippen molar-refractivity contribution >= 4 is 34.9 Å². The third-order valence-corrected chi connectivity index (χ3v) is 4.22. The van der Waals surface area contributed by atoms with Crippen molar-refractivity contribution in [2.24, 2.45) is 0 Å². The second-order valence-corrected chi connectivity index (χ2v) is 6.50. The number of carbonyl (C=O) groups is 3. The average Bonchev–Trinajstić information content (AvgIpc) is 2.69. The summed E-state index contributed by atoms with van der Waals surface area (Å²) >= 11 is 6.16. The summed E-state index contributed by atoms with van der Waals surface area (Å²) in [7, 11) is 1.43. The summed E-state index contributed by atoms with van der Waals surface area (Å²) in [5, 5.41) is 2.81. The Morgan fingerprint density at radius 3 is 2.48 bits per heavy atom. The van der Waals surface area contributed by atoms with Crippen LogP contribution in [0, 0.1) is 0 Å². The van der Waals surface area contributed by atoms with E-state index < -0.39 is 18.0 Å². The van der Waals surface area contributed by atoms with Crippen LogP contribution in [0.5, 0.6) is 11.5 Å². The fourth-order valence-corrected chi connectivity index (χ4v) is 2.73. The summed E-state index contributed by atoms with van der Waals surface area (Å²) < 4.78 is 15.8. The first kappa shape index (κ1) is 22.2. The number of amides is 1. The smallest absolute Gasteiger partial charge is 0.339 e. The van der Waals surface area contributed by atoms with Gasteiger partial charge in [0.2, 0.25) is 0 Å². The van der Waals surface area contributed by atoms with Crippen molar-refractivity contribution in [2.75, 3.05) is 19.0 Å². The van der Waals surface area contributed by atoms with Gasteiger partial charge in [-0.3, -0.25) is 9.59 Å². The van der Waals surface area contributed by atoms with Crippen LogP contribution in [0.4, 0.5) is 5.69 Å². The van der Waals surface area contributed by atoms with Gasteiger partial charge in [-0.25, -0.2) is 4.79 Å². The third-order valence-electron chi connectivity index (χ3n) is 3.94. The predicted octanol–water partition coefficient (Wildman–Crippen LogP) is 4.13. The van der Waals surface area contributed by atoms with Gasteiger partial charge in [0.1, 0.15) is 0 Å². The summed E-state index contributed by atoms with van der Waals surface area (Å²) in [5.41, 5.74) is 1.01. The van der Waals surface area contributed by atoms with Crippen molar-refractivity contribution in [1.29, 1.82) is 0 Å². The molecule has 2 aromatic carbocycles. The molecule has 154 valence electrons. The molecule has 0 saturated carbocycles. The second kappa shape index (κ2) is 9.93. The van der Waals surface area contributed by atoms with E-state index in [4.69, 9.17) is 25.8 Å². The minimum absolute atomic E-state index is 0.119. The van der Waals surface area contributed by atoms with Crippen LogP contribution in [0.15, 0.2) is 36.4 Å². The number of rotatable bonds is 8. The molecule has 0 bridgehead atoms. The van der Waals surface area contributed by atoms with E-state index in [-0.39, 0.29) is 22.1 Å². The molecule has 2 rings (SSSR count). The van der Waals surface area contributed by atoms with Crippen LogP contribution in [0.25, 0.3) is 0 Å². The molecule has 0 heterocycles. The molecule has 0 aliphatic heterocycles. The number of methoxy groups -OCH3 is 1. The second-order valence-electron chi connectivity index (χ2n) is 6.10. The van der Waals surface area contributed by atoms with Crippen LogP contribution in [0.2, 0.25) is 5.02 Å². The molecule has 0 unspecified atom stereocenters. The maximum absolute atomic E-state index is 12.4. The molecular formula is C21H22ClNO6. The van der Waals surface area contributed by atoms with Crippen LogP contribution in [-0.4, -0.2) is 37.5 Å². The third kappa shape index (κ3) is 5.71. The molecule has 1 N–H and O–H groups in total. The molecule has 0 radical (unpaired) electrons. The summed E-state index contributed by atoms with van der Waals surface area (Å²) in [6.45, 7) is 5.04. The molecule has 0 aliphatic carbocycles. The maximum atomic E-state index is 12.4. The van der Waals surface area contributed by atoms with Gasteiger partial charge in [-0.05, 0) is 45.0 Å². The highest BCUT2D eigenvalue weighted by molar-refractivity contribution is 6.32. The van der Waals surface area contributed by atoms with Crippen molar-refractivity contribution in [3.05, 3.63) is 52.5 Å². The Kier molecular flexibility index (Phi) is 7.61. The molecule has 7 nitrogen and oxygen atoms in total. The topological polar surface area (TPSA) is 90.9 Å². The lowest BCUT2D eigenvalue weighted by Gasteiger charge is -2.16. The molecule has 0 aliphatic rings. The van der Waals surface area contributed by atoms with Crippen molar-refractivity contribution in [3.8, 4) is 11.5 Å². The van der Waals surface area contributed by atoms with Gasteiger partial charge in [0, 0.05) is 11.3 Å². The fraction of sp³-hybridized carbons (Fsp3) is 0.286. The zero-order valence-corrected chi connectivity index (χ0v) is 17.3. The number of halogens is 1. The molecule has 2 aromatic rings. The van der Waals surface area contributed by atoms with Crippen molar-refractivity contribution in [1.82, 2.24) is 0 Å². The van der Waals surface area contributed by atoms with Gasteiger partial charge in [-0.1, -0.05) is 23.7 Å². The van der Waals surface area contributed by atoms with E-state index in [9.17, 15) is 14.4 Å². The SMILES string of the molecule is CCOc1c(Cl)cc(C(=O)O[C@H](C)C(=O)Nc2cccc(C(C)=O)c2)cc1OC. The van der Waals surface area contributed by atoms with Gasteiger partial charge >= 0.3 is 5.97 Å². The highest BCUT2D eigenvalue weighted by atomic mass is 35.5. The Labute approximate surface area is 173 Å². The number of benzene rings is 2. The number of hydrogen-bond donors (Lipinski definition) is 1. The number of esters is 1. The Morgan fingerprint density at radius 2 is 1.86 bits per heavy atom. The number of nitrogens with one attached hydrogen (secondary N) is 1. The number of ketones is 1. The Bertz CT molecular complexity index is 927. The van der Waals surface area contributed by atoms with E-state index in [1.54, 1.807) is 31.2 Å². The van der Waals surface area contributed by atoms with Gasteiger partial charge in [-0.2, -0.15) is 0 Å². The highest BCUT2D eigenvalue weighted by Crippen LogP contribution is 2.36. The van der Waals surface area contributed by atoms with Gasteiger partial charge in [0.15, 0.2) is 23.4 Å². The first-order chi connectivity index (χ1) is 13.8. The van der Waals surface area contributed by atoms with Gasteiger partial charge in [0.05, 0.1) is 24.3 Å². The van der Waals surface area contributed by atoms with Crippen LogP contribution < -0.4 is 14.8 Å². The maximum Gasteiger partial charge on any atom is 0.339 e. The van der Waals surface area contributed by atoms with E-state index in [2.05, 4.69) is 5.32 Å². The molecule has 8 heteroatoms. The van der Waals surface area contributed by atoms with Crippen molar-refractivity contribution < 1.29 is 28.6 Å². The molecule has 0 saturated heterocycles. The summed E-state index contributed by atoms with van der Waals surface area (Å²) in [4.78, 5) is 36.2. The van der Waals surface area contributed by atoms with Crippen LogP contribution in [-0.2, 0) is 9.53 Å². The predicted molar refractivity (Wildman–Crippen MR) is 109 cm³/mol. The molecule has 1 atom stereocenters. The average molecular weight is 420 g/mol. The minimum atomic E-state index is -1.08. The van der Waals surface area contributed by atoms with Gasteiger partial charge < -0.3 is 19.5 Å². The molecular weight excluding hydrogens is 398 g/mol. The molecule has 0 fully saturated rings. The van der Waals surface area contributed by atoms with E-state index in [0.29, 0.717) is 23.6 Å². The lowest BCUT2D eigenvalue weighted by atomic mass is 10.1. The number of carbonyl (C=O) groups excluding carboxylic acids is 3. The first-order valence-electron chi connectivity index (χ1n) is 8.90. The summed E-state index contributed by atoms with van der Waals surface area (Å²) in [6.07, 6.45) is -1.08. The largest absolute Gasteiger partial charge is 0.493 e. The summed E-state index contributed by atoms with van der Waals surface area (Å²) in [5.74, 6) is -0.799. The van der Waals surface area contributed by atoms with E-state index in [1.165, 1.54) is 33.1 Å². The zero-order valence-electron chi connectivity index (χ0n) is 16.6. The van der Waals surface area contributed by atoms with Crippen LogP contribution >= 0.6 is 11.6 Å².